The lowest BCUT2D eigenvalue weighted by Crippen LogP contribution is -1.99. The molecule has 2 aromatic heterocycles. The molecule has 0 radical (unpaired) electrons. The number of aromatic carboxylic acids is 1. The Balaban J connectivity index is 2.52. The molecule has 15 heavy (non-hydrogen) atoms. The number of carboxylic acids is 1. The summed E-state index contributed by atoms with van der Waals surface area (Å²) in [7, 11) is 0. The maximum Gasteiger partial charge on any atom is 0.338 e. The second-order valence-corrected chi connectivity index (χ2v) is 3.31. The lowest BCUT2D eigenvalue weighted by molar-refractivity contribution is 0.0696. The number of hydrogen-bond donors (Lipinski definition) is 2. The molecule has 0 amide bonds. The summed E-state index contributed by atoms with van der Waals surface area (Å²) in [6, 6.07) is 6.59. The van der Waals surface area contributed by atoms with E-state index in [1.807, 2.05) is 0 Å². The van der Waals surface area contributed by atoms with Crippen LogP contribution in [0.3, 0.4) is 0 Å². The van der Waals surface area contributed by atoms with Gasteiger partial charge in [-0.3, -0.25) is 0 Å². The Bertz CT molecular complexity index is 542. The molecule has 0 aliphatic carbocycles. The summed E-state index contributed by atoms with van der Waals surface area (Å²) < 4.78 is 5.34. The minimum absolute atomic E-state index is 0.0836. The predicted octanol–water partition coefficient (Wildman–Crippen LogP) is 2.70. The smallest absolute Gasteiger partial charge is 0.338 e. The quantitative estimate of drug-likeness (QED) is 0.765. The molecule has 0 aliphatic rings. The van der Waals surface area contributed by atoms with E-state index in [1.165, 1.54) is 12.3 Å². The third kappa shape index (κ3) is 1.82. The Morgan fingerprint density at radius 1 is 1.40 bits per heavy atom. The molecule has 0 aromatic carbocycles. The average molecular weight is 221 g/mol. The van der Waals surface area contributed by atoms with E-state index in [0.29, 0.717) is 11.5 Å². The van der Waals surface area contributed by atoms with Gasteiger partial charge in [0.25, 0.3) is 0 Å². The van der Waals surface area contributed by atoms with Crippen LogP contribution in [0.15, 0.2) is 34.9 Å². The standard InChI is InChI=1S/C10H7NO3S/c12-10(13)6-3-4-7(11-9(6)15)8-2-1-5-14-8/h1-5H,(H,11,15)(H,12,13). The van der Waals surface area contributed by atoms with Crippen LogP contribution in [0, 0.1) is 4.64 Å². The van der Waals surface area contributed by atoms with Gasteiger partial charge >= 0.3 is 5.97 Å². The SMILES string of the molecule is O=C(O)c1ccc(-c2ccco2)[nH]c1=S. The molecule has 0 spiro atoms. The van der Waals surface area contributed by atoms with Gasteiger partial charge in [-0.25, -0.2) is 4.79 Å². The lowest BCUT2D eigenvalue weighted by atomic mass is 10.2. The Hall–Kier alpha value is -1.88. The van der Waals surface area contributed by atoms with E-state index < -0.39 is 5.97 Å². The Morgan fingerprint density at radius 3 is 2.73 bits per heavy atom. The van der Waals surface area contributed by atoms with E-state index in [-0.39, 0.29) is 10.2 Å². The van der Waals surface area contributed by atoms with Crippen molar-refractivity contribution in [1.29, 1.82) is 0 Å². The molecule has 0 saturated heterocycles. The molecule has 2 N–H and O–H groups in total. The largest absolute Gasteiger partial charge is 0.478 e. The van der Waals surface area contributed by atoms with Gasteiger partial charge in [-0.05, 0) is 24.3 Å². The molecular formula is C10H7NO3S. The van der Waals surface area contributed by atoms with Crippen LogP contribution in [-0.2, 0) is 0 Å². The van der Waals surface area contributed by atoms with E-state index >= 15 is 0 Å². The van der Waals surface area contributed by atoms with Crippen LogP contribution in [0.5, 0.6) is 0 Å². The Labute approximate surface area is 90.2 Å². The minimum Gasteiger partial charge on any atom is -0.478 e. The summed E-state index contributed by atoms with van der Waals surface area (Å²) in [6.07, 6.45) is 1.54. The summed E-state index contributed by atoms with van der Waals surface area (Å²) in [5, 5.41) is 8.78. The van der Waals surface area contributed by atoms with Crippen LogP contribution in [0.25, 0.3) is 11.5 Å². The number of rotatable bonds is 2. The zero-order chi connectivity index (χ0) is 10.8. The molecule has 2 heterocycles. The average Bonchev–Trinajstić information content (AvgIpc) is 2.69. The van der Waals surface area contributed by atoms with E-state index in [9.17, 15) is 4.79 Å². The van der Waals surface area contributed by atoms with Gasteiger partial charge < -0.3 is 14.5 Å². The van der Waals surface area contributed by atoms with Crippen LogP contribution in [0.2, 0.25) is 0 Å². The molecule has 5 heteroatoms. The van der Waals surface area contributed by atoms with Gasteiger partial charge in [0.1, 0.15) is 10.4 Å². The maximum atomic E-state index is 10.7. The molecule has 0 bridgehead atoms. The molecule has 76 valence electrons. The zero-order valence-electron chi connectivity index (χ0n) is 7.56. The van der Waals surface area contributed by atoms with Crippen molar-refractivity contribution in [2.75, 3.05) is 0 Å². The van der Waals surface area contributed by atoms with Crippen molar-refractivity contribution in [2.24, 2.45) is 0 Å². The summed E-state index contributed by atoms with van der Waals surface area (Å²) in [5.74, 6) is -0.416. The lowest BCUT2D eigenvalue weighted by Gasteiger charge is -1.99. The molecule has 2 rings (SSSR count). The second kappa shape index (κ2) is 3.70. The number of aromatic amines is 1. The maximum absolute atomic E-state index is 10.7. The normalized spacial score (nSPS) is 10.1. The van der Waals surface area contributed by atoms with Crippen molar-refractivity contribution in [3.63, 3.8) is 0 Å². The van der Waals surface area contributed by atoms with Gasteiger partial charge in [-0.15, -0.1) is 0 Å². The summed E-state index contributed by atoms with van der Waals surface area (Å²) >= 11 is 4.91. The number of nitrogens with one attached hydrogen (secondary N) is 1. The third-order valence-corrected chi connectivity index (χ3v) is 2.25. The topological polar surface area (TPSA) is 66.2 Å². The first-order valence-corrected chi connectivity index (χ1v) is 4.60. The van der Waals surface area contributed by atoms with Gasteiger partial charge in [0.15, 0.2) is 0 Å². The fourth-order valence-corrected chi connectivity index (χ4v) is 1.48. The van der Waals surface area contributed by atoms with E-state index in [4.69, 9.17) is 21.7 Å². The highest BCUT2D eigenvalue weighted by atomic mass is 32.1. The number of pyridine rings is 1. The first kappa shape index (κ1) is 9.67. The predicted molar refractivity (Wildman–Crippen MR) is 56.3 cm³/mol. The monoisotopic (exact) mass is 221 g/mol. The van der Waals surface area contributed by atoms with Crippen LogP contribution in [0.4, 0.5) is 0 Å². The second-order valence-electron chi connectivity index (χ2n) is 2.90. The first-order chi connectivity index (χ1) is 7.18. The fraction of sp³-hybridized carbons (Fsp3) is 0. The van der Waals surface area contributed by atoms with E-state index in [2.05, 4.69) is 4.98 Å². The molecule has 0 unspecified atom stereocenters. The minimum atomic E-state index is -1.04. The number of carboxylic acid groups (broad SMARTS) is 1. The van der Waals surface area contributed by atoms with Crippen molar-refractivity contribution in [3.8, 4) is 11.5 Å². The van der Waals surface area contributed by atoms with Crippen molar-refractivity contribution in [3.05, 3.63) is 40.7 Å². The zero-order valence-corrected chi connectivity index (χ0v) is 8.38. The molecule has 4 nitrogen and oxygen atoms in total. The fourth-order valence-electron chi connectivity index (χ4n) is 1.22. The number of aromatic nitrogens is 1. The van der Waals surface area contributed by atoms with Gasteiger partial charge in [-0.2, -0.15) is 0 Å². The van der Waals surface area contributed by atoms with Crippen molar-refractivity contribution in [1.82, 2.24) is 4.98 Å². The molecule has 2 aromatic rings. The number of furan rings is 1. The molecule has 0 fully saturated rings. The summed E-state index contributed by atoms with van der Waals surface area (Å²) in [6.45, 7) is 0. The first-order valence-electron chi connectivity index (χ1n) is 4.19. The van der Waals surface area contributed by atoms with E-state index in [0.717, 1.165) is 0 Å². The summed E-state index contributed by atoms with van der Waals surface area (Å²) in [4.78, 5) is 13.5. The van der Waals surface area contributed by atoms with Crippen LogP contribution in [-0.4, -0.2) is 16.1 Å². The number of carbonyl (C=O) groups is 1. The molecular weight excluding hydrogens is 214 g/mol. The Morgan fingerprint density at radius 2 is 2.20 bits per heavy atom. The molecule has 0 atom stereocenters. The number of H-pyrrole nitrogens is 1. The van der Waals surface area contributed by atoms with Crippen molar-refractivity contribution < 1.29 is 14.3 Å². The highest BCUT2D eigenvalue weighted by Crippen LogP contribution is 2.17. The van der Waals surface area contributed by atoms with Crippen LogP contribution < -0.4 is 0 Å². The molecule has 0 saturated carbocycles. The van der Waals surface area contributed by atoms with Crippen molar-refractivity contribution in [2.45, 2.75) is 0 Å². The third-order valence-electron chi connectivity index (χ3n) is 1.93. The number of hydrogen-bond acceptors (Lipinski definition) is 3. The van der Waals surface area contributed by atoms with Crippen molar-refractivity contribution >= 4 is 18.2 Å². The highest BCUT2D eigenvalue weighted by molar-refractivity contribution is 7.71. The molecule has 0 aliphatic heterocycles. The summed E-state index contributed by atoms with van der Waals surface area (Å²) in [5.41, 5.74) is 0.746. The van der Waals surface area contributed by atoms with Gasteiger partial charge in [0.05, 0.1) is 17.5 Å². The Kier molecular flexibility index (Phi) is 2.39. The van der Waals surface area contributed by atoms with Gasteiger partial charge in [0.2, 0.25) is 0 Å². The highest BCUT2D eigenvalue weighted by Gasteiger charge is 2.07. The van der Waals surface area contributed by atoms with E-state index in [1.54, 1.807) is 18.2 Å². The van der Waals surface area contributed by atoms with Crippen LogP contribution >= 0.6 is 12.2 Å². The van der Waals surface area contributed by atoms with Gasteiger partial charge in [-0.1, -0.05) is 12.2 Å². The van der Waals surface area contributed by atoms with Gasteiger partial charge in [0, 0.05) is 0 Å². The van der Waals surface area contributed by atoms with Crippen LogP contribution in [0.1, 0.15) is 10.4 Å².